The van der Waals surface area contributed by atoms with Crippen molar-refractivity contribution in [2.45, 2.75) is 20.0 Å². The van der Waals surface area contributed by atoms with Crippen LogP contribution in [0.1, 0.15) is 16.8 Å². The van der Waals surface area contributed by atoms with Crippen molar-refractivity contribution >= 4 is 11.6 Å². The maximum Gasteiger partial charge on any atom is 0.419 e. The van der Waals surface area contributed by atoms with Crippen molar-refractivity contribution in [1.82, 2.24) is 4.98 Å². The van der Waals surface area contributed by atoms with Crippen LogP contribution in [-0.2, 0) is 6.18 Å². The molecular weight excluding hydrogens is 275 g/mol. The van der Waals surface area contributed by atoms with Crippen LogP contribution in [0.4, 0.5) is 13.2 Å². The lowest BCUT2D eigenvalue weighted by molar-refractivity contribution is -0.137. The van der Waals surface area contributed by atoms with Gasteiger partial charge < -0.3 is 0 Å². The Hall–Kier alpha value is -1.55. The van der Waals surface area contributed by atoms with E-state index in [1.807, 2.05) is 0 Å². The first-order valence-corrected chi connectivity index (χ1v) is 5.99. The second-order valence-electron chi connectivity index (χ2n) is 4.28. The van der Waals surface area contributed by atoms with Crippen LogP contribution in [0.25, 0.3) is 11.3 Å². The highest BCUT2D eigenvalue weighted by Crippen LogP contribution is 2.41. The zero-order chi connectivity index (χ0) is 14.2. The van der Waals surface area contributed by atoms with E-state index < -0.39 is 11.7 Å². The number of rotatable bonds is 1. The van der Waals surface area contributed by atoms with Crippen LogP contribution in [0, 0.1) is 13.8 Å². The van der Waals surface area contributed by atoms with E-state index in [4.69, 9.17) is 11.6 Å². The summed E-state index contributed by atoms with van der Waals surface area (Å²) >= 11 is 5.76. The van der Waals surface area contributed by atoms with Gasteiger partial charge in [0.05, 0.1) is 10.7 Å². The molecule has 1 nitrogen and oxygen atoms in total. The predicted molar refractivity (Wildman–Crippen MR) is 69.2 cm³/mol. The minimum atomic E-state index is -4.53. The maximum absolute atomic E-state index is 13.1. The molecule has 0 saturated heterocycles. The van der Waals surface area contributed by atoms with Gasteiger partial charge in [-0.05, 0) is 25.5 Å². The highest BCUT2D eigenvalue weighted by molar-refractivity contribution is 6.31. The molecule has 2 aromatic rings. The molecule has 0 atom stereocenters. The number of aryl methyl sites for hydroxylation is 2. The Bertz CT molecular complexity index is 621. The van der Waals surface area contributed by atoms with Crippen molar-refractivity contribution in [3.63, 3.8) is 0 Å². The molecule has 0 radical (unpaired) electrons. The van der Waals surface area contributed by atoms with E-state index in [9.17, 15) is 13.2 Å². The summed E-state index contributed by atoms with van der Waals surface area (Å²) in [7, 11) is 0. The van der Waals surface area contributed by atoms with E-state index in [0.717, 1.165) is 5.56 Å². The van der Waals surface area contributed by atoms with E-state index >= 15 is 0 Å². The van der Waals surface area contributed by atoms with Gasteiger partial charge in [-0.1, -0.05) is 35.9 Å². The zero-order valence-corrected chi connectivity index (χ0v) is 11.1. The van der Waals surface area contributed by atoms with E-state index in [0.29, 0.717) is 11.3 Å². The van der Waals surface area contributed by atoms with Gasteiger partial charge in [-0.25, -0.2) is 0 Å². The lowest BCUT2D eigenvalue weighted by Crippen LogP contribution is -2.10. The Kier molecular flexibility index (Phi) is 3.54. The second kappa shape index (κ2) is 4.85. The van der Waals surface area contributed by atoms with Gasteiger partial charge in [-0.2, -0.15) is 13.2 Å². The Morgan fingerprint density at radius 1 is 1.11 bits per heavy atom. The fourth-order valence-electron chi connectivity index (χ4n) is 1.94. The monoisotopic (exact) mass is 285 g/mol. The molecule has 0 amide bonds. The van der Waals surface area contributed by atoms with Crippen LogP contribution in [0.5, 0.6) is 0 Å². The van der Waals surface area contributed by atoms with Gasteiger partial charge in [-0.15, -0.1) is 0 Å². The Balaban J connectivity index is 2.80. The number of hydrogen-bond donors (Lipinski definition) is 0. The third-order valence-corrected chi connectivity index (χ3v) is 3.08. The van der Waals surface area contributed by atoms with Gasteiger partial charge in [0.1, 0.15) is 5.56 Å². The van der Waals surface area contributed by atoms with Crippen molar-refractivity contribution in [2.24, 2.45) is 0 Å². The van der Waals surface area contributed by atoms with Gasteiger partial charge in [0.25, 0.3) is 0 Å². The number of alkyl halides is 3. The molecule has 1 aromatic heterocycles. The van der Waals surface area contributed by atoms with Crippen LogP contribution in [0.2, 0.25) is 5.02 Å². The fourth-order valence-corrected chi connectivity index (χ4v) is 2.29. The molecule has 0 bridgehead atoms. The fraction of sp³-hybridized carbons (Fsp3) is 0.214. The van der Waals surface area contributed by atoms with Crippen LogP contribution < -0.4 is 0 Å². The Morgan fingerprint density at radius 2 is 1.74 bits per heavy atom. The molecule has 1 heterocycles. The van der Waals surface area contributed by atoms with E-state index in [2.05, 4.69) is 4.98 Å². The highest BCUT2D eigenvalue weighted by Gasteiger charge is 2.37. The van der Waals surface area contributed by atoms with Crippen molar-refractivity contribution < 1.29 is 13.2 Å². The minimum Gasteiger partial charge on any atom is -0.252 e. The first-order chi connectivity index (χ1) is 8.80. The second-order valence-corrected chi connectivity index (χ2v) is 4.69. The quantitative estimate of drug-likeness (QED) is 0.715. The average Bonchev–Trinajstić information content (AvgIpc) is 2.26. The molecule has 0 aliphatic carbocycles. The number of pyridine rings is 1. The predicted octanol–water partition coefficient (Wildman–Crippen LogP) is 5.04. The summed E-state index contributed by atoms with van der Waals surface area (Å²) in [5.41, 5.74) is 0.628. The van der Waals surface area contributed by atoms with Crippen molar-refractivity contribution in [3.05, 3.63) is 52.2 Å². The summed E-state index contributed by atoms with van der Waals surface area (Å²) in [5.74, 6) is 0. The number of halogens is 4. The van der Waals surface area contributed by atoms with Gasteiger partial charge in [0.2, 0.25) is 0 Å². The summed E-state index contributed by atoms with van der Waals surface area (Å²) in [6.45, 7) is 3.36. The molecule has 0 saturated carbocycles. The zero-order valence-electron chi connectivity index (χ0n) is 10.3. The lowest BCUT2D eigenvalue weighted by atomic mass is 10.0. The smallest absolute Gasteiger partial charge is 0.252 e. The summed E-state index contributed by atoms with van der Waals surface area (Å²) < 4.78 is 39.4. The third kappa shape index (κ3) is 2.73. The number of aromatic nitrogens is 1. The number of benzene rings is 1. The molecule has 0 N–H and O–H groups in total. The highest BCUT2D eigenvalue weighted by atomic mass is 35.5. The van der Waals surface area contributed by atoms with E-state index in [-0.39, 0.29) is 10.7 Å². The van der Waals surface area contributed by atoms with Crippen molar-refractivity contribution in [2.75, 3.05) is 0 Å². The van der Waals surface area contributed by atoms with Gasteiger partial charge in [0, 0.05) is 11.3 Å². The molecule has 100 valence electrons. The molecule has 19 heavy (non-hydrogen) atoms. The summed E-state index contributed by atoms with van der Waals surface area (Å²) in [5, 5.41) is -0.321. The first kappa shape index (κ1) is 13.9. The summed E-state index contributed by atoms with van der Waals surface area (Å²) in [6.07, 6.45) is -4.53. The van der Waals surface area contributed by atoms with Crippen molar-refractivity contribution in [1.29, 1.82) is 0 Å². The maximum atomic E-state index is 13.1. The number of hydrogen-bond acceptors (Lipinski definition) is 1. The Labute approximate surface area is 114 Å². The summed E-state index contributed by atoms with van der Waals surface area (Å²) in [4.78, 5) is 4.03. The average molecular weight is 286 g/mol. The SMILES string of the molecule is Cc1cc(Cl)c(C(F)(F)F)c(-c2ccccc2C)n1. The van der Waals surface area contributed by atoms with E-state index in [1.165, 1.54) is 6.07 Å². The minimum absolute atomic E-state index is 0.115. The van der Waals surface area contributed by atoms with Gasteiger partial charge in [0.15, 0.2) is 0 Å². The molecule has 0 fully saturated rings. The van der Waals surface area contributed by atoms with Crippen LogP contribution >= 0.6 is 11.6 Å². The van der Waals surface area contributed by atoms with Crippen LogP contribution in [-0.4, -0.2) is 4.98 Å². The molecule has 0 aliphatic rings. The third-order valence-electron chi connectivity index (χ3n) is 2.78. The van der Waals surface area contributed by atoms with Gasteiger partial charge in [-0.3, -0.25) is 4.98 Å². The summed E-state index contributed by atoms with van der Waals surface area (Å²) in [6, 6.07) is 8.03. The van der Waals surface area contributed by atoms with Crippen LogP contribution in [0.3, 0.4) is 0 Å². The molecule has 0 spiro atoms. The molecule has 0 aliphatic heterocycles. The largest absolute Gasteiger partial charge is 0.419 e. The molecular formula is C14H11ClF3N. The lowest BCUT2D eigenvalue weighted by Gasteiger charge is -2.16. The molecule has 2 rings (SSSR count). The molecule has 1 aromatic carbocycles. The standard InChI is InChI=1S/C14H11ClF3N/c1-8-5-3-4-6-10(8)13-12(14(16,17)18)11(15)7-9(2)19-13/h3-7H,1-2H3. The van der Waals surface area contributed by atoms with Crippen LogP contribution in [0.15, 0.2) is 30.3 Å². The normalized spacial score (nSPS) is 11.7. The molecule has 0 unspecified atom stereocenters. The number of nitrogens with zero attached hydrogens (tertiary/aromatic N) is 1. The van der Waals surface area contributed by atoms with Crippen molar-refractivity contribution in [3.8, 4) is 11.3 Å². The Morgan fingerprint density at radius 3 is 2.32 bits per heavy atom. The van der Waals surface area contributed by atoms with E-state index in [1.54, 1.807) is 38.1 Å². The topological polar surface area (TPSA) is 12.9 Å². The first-order valence-electron chi connectivity index (χ1n) is 5.61. The molecule has 5 heteroatoms. The van der Waals surface area contributed by atoms with Gasteiger partial charge >= 0.3 is 6.18 Å².